The third-order valence-electron chi connectivity index (χ3n) is 6.40. The first-order chi connectivity index (χ1) is 15.5. The van der Waals surface area contributed by atoms with Gasteiger partial charge in [-0.1, -0.05) is 12.1 Å². The number of hydrogen-bond donors (Lipinski definition) is 2. The van der Waals surface area contributed by atoms with Gasteiger partial charge in [0.15, 0.2) is 0 Å². The van der Waals surface area contributed by atoms with Crippen molar-refractivity contribution in [2.75, 3.05) is 44.3 Å². The van der Waals surface area contributed by atoms with E-state index in [1.54, 1.807) is 19.2 Å². The average molecular weight is 471 g/mol. The first kappa shape index (κ1) is 23.6. The van der Waals surface area contributed by atoms with Crippen LogP contribution < -0.4 is 15.4 Å². The molecule has 2 saturated heterocycles. The Balaban J connectivity index is 1.53. The summed E-state index contributed by atoms with van der Waals surface area (Å²) in [6.45, 7) is 5.67. The van der Waals surface area contributed by atoms with Gasteiger partial charge in [0.1, 0.15) is 17.3 Å². The van der Waals surface area contributed by atoms with Crippen molar-refractivity contribution in [2.45, 2.75) is 36.4 Å². The van der Waals surface area contributed by atoms with Crippen molar-refractivity contribution in [3.8, 4) is 5.75 Å². The van der Waals surface area contributed by atoms with E-state index < -0.39 is 21.6 Å². The Labute approximate surface area is 197 Å². The second-order valence-electron chi connectivity index (χ2n) is 9.95. The van der Waals surface area contributed by atoms with Gasteiger partial charge in [0.25, 0.3) is 5.91 Å². The number of carbonyl (C=O) groups is 2. The zero-order valence-corrected chi connectivity index (χ0v) is 21.0. The lowest BCUT2D eigenvalue weighted by Crippen LogP contribution is -2.63. The molecule has 0 saturated carbocycles. The SMILES string of the molecule is COc1ccc(C(NC(=O)C(C)(C)N2CC3C[N@]32)C(=O)Nc2ccc(S(C)(C)C)cc2)cc1. The van der Waals surface area contributed by atoms with Crippen molar-refractivity contribution in [1.29, 1.82) is 0 Å². The van der Waals surface area contributed by atoms with Crippen LogP contribution in [-0.2, 0) is 9.59 Å². The van der Waals surface area contributed by atoms with Gasteiger partial charge in [-0.05, 0) is 79.5 Å². The third-order valence-corrected chi connectivity index (χ3v) is 8.08. The maximum absolute atomic E-state index is 13.4. The minimum absolute atomic E-state index is 0.185. The highest BCUT2D eigenvalue weighted by atomic mass is 32.3. The number of benzene rings is 2. The maximum Gasteiger partial charge on any atom is 0.251 e. The van der Waals surface area contributed by atoms with Crippen molar-refractivity contribution in [3.05, 3.63) is 54.1 Å². The van der Waals surface area contributed by atoms with E-state index in [1.165, 1.54) is 4.90 Å². The largest absolute Gasteiger partial charge is 0.497 e. The molecule has 2 aliphatic rings. The molecule has 2 aromatic rings. The fourth-order valence-corrected chi connectivity index (χ4v) is 5.01. The number of methoxy groups -OCH3 is 1. The average Bonchev–Trinajstić information content (AvgIpc) is 3.39. The number of anilines is 1. The first-order valence-electron chi connectivity index (χ1n) is 11.1. The number of rotatable bonds is 8. The number of amides is 2. The molecule has 2 N–H and O–H groups in total. The van der Waals surface area contributed by atoms with Crippen molar-refractivity contribution < 1.29 is 14.3 Å². The molecule has 2 fully saturated rings. The van der Waals surface area contributed by atoms with E-state index in [9.17, 15) is 9.59 Å². The maximum atomic E-state index is 13.4. The highest BCUT2D eigenvalue weighted by Crippen LogP contribution is 2.45. The van der Waals surface area contributed by atoms with Gasteiger partial charge in [0.05, 0.1) is 13.2 Å². The molecule has 33 heavy (non-hydrogen) atoms. The molecular formula is C25H34N4O3S. The number of hydrogen-bond acceptors (Lipinski definition) is 5. The lowest BCUT2D eigenvalue weighted by Gasteiger charge is -2.43. The summed E-state index contributed by atoms with van der Waals surface area (Å²) in [4.78, 5) is 27.9. The van der Waals surface area contributed by atoms with E-state index in [1.807, 2.05) is 38.1 Å². The first-order valence-corrected chi connectivity index (χ1v) is 13.9. The Morgan fingerprint density at radius 1 is 1.03 bits per heavy atom. The van der Waals surface area contributed by atoms with Crippen LogP contribution in [0.5, 0.6) is 5.75 Å². The quantitative estimate of drug-likeness (QED) is 0.580. The lowest BCUT2D eigenvalue weighted by atomic mass is 9.99. The zero-order valence-electron chi connectivity index (χ0n) is 20.2. The van der Waals surface area contributed by atoms with Crippen LogP contribution in [0.3, 0.4) is 0 Å². The molecule has 3 atom stereocenters. The van der Waals surface area contributed by atoms with Crippen LogP contribution in [0.2, 0.25) is 0 Å². The molecule has 2 aliphatic heterocycles. The molecule has 0 aromatic heterocycles. The summed E-state index contributed by atoms with van der Waals surface area (Å²) in [5.41, 5.74) is 0.658. The summed E-state index contributed by atoms with van der Waals surface area (Å²) in [7, 11) is 0.754. The molecule has 4 rings (SSSR count). The minimum atomic E-state index is -0.843. The van der Waals surface area contributed by atoms with Gasteiger partial charge in [-0.25, -0.2) is 20.0 Å². The molecule has 0 radical (unpaired) electrons. The molecule has 178 valence electrons. The zero-order chi connectivity index (χ0) is 24.0. The van der Waals surface area contributed by atoms with Gasteiger partial charge >= 0.3 is 0 Å². The van der Waals surface area contributed by atoms with Gasteiger partial charge in [0, 0.05) is 18.8 Å². The van der Waals surface area contributed by atoms with Crippen LogP contribution in [0, 0.1) is 0 Å². The Morgan fingerprint density at radius 3 is 2.15 bits per heavy atom. The predicted molar refractivity (Wildman–Crippen MR) is 134 cm³/mol. The van der Waals surface area contributed by atoms with Crippen molar-refractivity contribution >= 4 is 27.5 Å². The highest BCUT2D eigenvalue weighted by molar-refractivity contribution is 8.32. The Morgan fingerprint density at radius 2 is 1.67 bits per heavy atom. The van der Waals surface area contributed by atoms with Crippen LogP contribution in [-0.4, -0.2) is 72.4 Å². The number of nitrogens with one attached hydrogen (secondary N) is 2. The van der Waals surface area contributed by atoms with E-state index >= 15 is 0 Å². The summed E-state index contributed by atoms with van der Waals surface area (Å²) >= 11 is 0. The minimum Gasteiger partial charge on any atom is -0.497 e. The van der Waals surface area contributed by atoms with Crippen LogP contribution in [0.25, 0.3) is 0 Å². The number of carbonyl (C=O) groups excluding carboxylic acids is 2. The van der Waals surface area contributed by atoms with Crippen LogP contribution in [0.15, 0.2) is 53.4 Å². The van der Waals surface area contributed by atoms with Crippen LogP contribution >= 0.6 is 10.0 Å². The normalized spacial score (nSPS) is 21.3. The Bertz CT molecular complexity index is 1030. The van der Waals surface area contributed by atoms with Crippen molar-refractivity contribution in [2.24, 2.45) is 0 Å². The monoisotopic (exact) mass is 470 g/mol. The fourth-order valence-electron chi connectivity index (χ4n) is 4.06. The van der Waals surface area contributed by atoms with Crippen molar-refractivity contribution in [1.82, 2.24) is 15.3 Å². The van der Waals surface area contributed by atoms with E-state index in [4.69, 9.17) is 4.74 Å². The summed E-state index contributed by atoms with van der Waals surface area (Å²) in [6.07, 6.45) is 6.70. The smallest absolute Gasteiger partial charge is 0.251 e. The fraction of sp³-hybridized carbons (Fsp3) is 0.440. The summed E-state index contributed by atoms with van der Waals surface area (Å²) in [5, 5.41) is 10.2. The molecule has 2 amide bonds. The van der Waals surface area contributed by atoms with E-state index in [0.29, 0.717) is 23.0 Å². The van der Waals surface area contributed by atoms with E-state index in [0.717, 1.165) is 13.1 Å². The molecule has 2 heterocycles. The number of nitrogens with zero attached hydrogens (tertiary/aromatic N) is 2. The summed E-state index contributed by atoms with van der Waals surface area (Å²) < 4.78 is 5.25. The number of fused-ring (bicyclic) bond motifs is 1. The molecule has 0 spiro atoms. The van der Waals surface area contributed by atoms with Gasteiger partial charge in [-0.2, -0.15) is 0 Å². The standard InChI is InChI=1S/C25H34N4O3S/c1-25(2,29-16-19-15-28(19)29)24(31)27-22(17-7-11-20(32-3)12-8-17)23(30)26-18-9-13-21(14-10-18)33(4,5)6/h7-14,19,22H,15-16H2,1-6H3,(H,26,30)(H,27,31)/t19?,22?,28-/m1/s1. The second-order valence-corrected chi connectivity index (χ2v) is 14.1. The van der Waals surface area contributed by atoms with E-state index in [2.05, 4.69) is 51.6 Å². The van der Waals surface area contributed by atoms with Gasteiger partial charge in [-0.15, -0.1) is 0 Å². The number of hydrazine groups is 1. The molecule has 2 aromatic carbocycles. The molecule has 8 heteroatoms. The number of ether oxygens (including phenoxy) is 1. The Hall–Kier alpha value is -2.55. The third kappa shape index (κ3) is 4.88. The van der Waals surface area contributed by atoms with Gasteiger partial charge in [0.2, 0.25) is 5.91 Å². The van der Waals surface area contributed by atoms with Gasteiger partial charge < -0.3 is 15.4 Å². The molecule has 0 bridgehead atoms. The summed E-state index contributed by atoms with van der Waals surface area (Å²) in [6, 6.07) is 14.9. The van der Waals surface area contributed by atoms with Crippen molar-refractivity contribution in [3.63, 3.8) is 0 Å². The highest BCUT2D eigenvalue weighted by Gasteiger charge is 2.57. The van der Waals surface area contributed by atoms with Crippen LogP contribution in [0.1, 0.15) is 25.5 Å². The predicted octanol–water partition coefficient (Wildman–Crippen LogP) is 3.24. The lowest BCUT2D eigenvalue weighted by molar-refractivity contribution is -0.150. The molecule has 7 nitrogen and oxygen atoms in total. The molecule has 2 unspecified atom stereocenters. The molecular weight excluding hydrogens is 436 g/mol. The Kier molecular flexibility index (Phi) is 6.20. The van der Waals surface area contributed by atoms with Crippen LogP contribution in [0.4, 0.5) is 5.69 Å². The second kappa shape index (κ2) is 8.66. The molecule has 0 aliphatic carbocycles. The van der Waals surface area contributed by atoms with Gasteiger partial charge in [-0.3, -0.25) is 9.59 Å². The topological polar surface area (TPSA) is 73.7 Å². The van der Waals surface area contributed by atoms with E-state index in [-0.39, 0.29) is 11.8 Å². The summed E-state index contributed by atoms with van der Waals surface area (Å²) in [5.74, 6) is 0.224.